The van der Waals surface area contributed by atoms with Crippen LogP contribution in [0.5, 0.6) is 0 Å². The highest BCUT2D eigenvalue weighted by Gasteiger charge is 2.57. The Kier molecular flexibility index (Phi) is 4.41. The minimum Gasteiger partial charge on any atom is -0.311 e. The Hall–Kier alpha value is -3.19. The van der Waals surface area contributed by atoms with Crippen LogP contribution in [-0.2, 0) is 15.0 Å². The van der Waals surface area contributed by atoms with E-state index in [1.54, 1.807) is 35.4 Å². The minimum absolute atomic E-state index is 0.113. The Labute approximate surface area is 183 Å². The minimum atomic E-state index is -1.33. The Morgan fingerprint density at radius 2 is 1.94 bits per heavy atom. The van der Waals surface area contributed by atoms with Crippen molar-refractivity contribution in [2.75, 3.05) is 16.8 Å². The number of fused-ring (bicyclic) bond motifs is 4. The molecule has 0 radical (unpaired) electrons. The van der Waals surface area contributed by atoms with Crippen molar-refractivity contribution >= 4 is 34.9 Å². The summed E-state index contributed by atoms with van der Waals surface area (Å²) in [5.74, 6) is -0.463. The van der Waals surface area contributed by atoms with Gasteiger partial charge in [-0.1, -0.05) is 37.6 Å². The number of nitrogens with one attached hydrogen (secondary N) is 1. The number of amides is 2. The molecule has 0 fully saturated rings. The number of anilines is 2. The van der Waals surface area contributed by atoms with E-state index < -0.39 is 11.2 Å². The van der Waals surface area contributed by atoms with E-state index in [4.69, 9.17) is 11.6 Å². The maximum atomic E-state index is 14.3. The number of benzene rings is 2. The quantitative estimate of drug-likeness (QED) is 0.663. The number of hydrogen-bond donors (Lipinski definition) is 1. The largest absolute Gasteiger partial charge is 0.311 e. The zero-order chi connectivity index (χ0) is 21.9. The van der Waals surface area contributed by atoms with Crippen LogP contribution in [0.3, 0.4) is 0 Å². The highest BCUT2D eigenvalue weighted by Crippen LogP contribution is 2.52. The van der Waals surface area contributed by atoms with E-state index in [1.165, 1.54) is 16.8 Å². The molecule has 5 rings (SSSR count). The summed E-state index contributed by atoms with van der Waals surface area (Å²) in [5, 5.41) is 7.75. The monoisotopic (exact) mass is 438 g/mol. The van der Waals surface area contributed by atoms with Crippen molar-refractivity contribution < 1.29 is 14.0 Å². The number of para-hydroxylation sites is 1. The fourth-order valence-electron chi connectivity index (χ4n) is 4.62. The van der Waals surface area contributed by atoms with Gasteiger partial charge in [-0.3, -0.25) is 9.59 Å². The molecule has 2 aromatic carbocycles. The van der Waals surface area contributed by atoms with Crippen LogP contribution in [0.15, 0.2) is 48.7 Å². The predicted molar refractivity (Wildman–Crippen MR) is 116 cm³/mol. The molecule has 2 amide bonds. The number of carbonyl (C=O) groups is 2. The third-order valence-electron chi connectivity index (χ3n) is 5.86. The second-order valence-electron chi connectivity index (χ2n) is 8.37. The van der Waals surface area contributed by atoms with Crippen LogP contribution in [0.4, 0.5) is 15.9 Å². The molecular formula is C23H20ClFN4O2. The van der Waals surface area contributed by atoms with Crippen molar-refractivity contribution in [2.24, 2.45) is 5.92 Å². The lowest BCUT2D eigenvalue weighted by Gasteiger charge is -2.32. The second-order valence-corrected chi connectivity index (χ2v) is 8.78. The van der Waals surface area contributed by atoms with Gasteiger partial charge in [0.25, 0.3) is 0 Å². The molecule has 158 valence electrons. The van der Waals surface area contributed by atoms with E-state index in [-0.39, 0.29) is 24.2 Å². The summed E-state index contributed by atoms with van der Waals surface area (Å²) in [4.78, 5) is 28.4. The first-order chi connectivity index (χ1) is 14.8. The number of rotatable bonds is 3. The maximum absolute atomic E-state index is 14.3. The van der Waals surface area contributed by atoms with E-state index in [1.807, 2.05) is 19.9 Å². The first kappa shape index (κ1) is 19.8. The van der Waals surface area contributed by atoms with E-state index in [9.17, 15) is 14.0 Å². The third kappa shape index (κ3) is 2.80. The topological polar surface area (TPSA) is 67.2 Å². The molecule has 3 heterocycles. The second kappa shape index (κ2) is 6.92. The molecule has 0 saturated heterocycles. The van der Waals surface area contributed by atoms with Gasteiger partial charge in [0.2, 0.25) is 11.8 Å². The fraction of sp³-hybridized carbons (Fsp3) is 0.261. The lowest BCUT2D eigenvalue weighted by Crippen LogP contribution is -2.47. The van der Waals surface area contributed by atoms with Gasteiger partial charge in [-0.25, -0.2) is 9.07 Å². The molecule has 0 aliphatic carbocycles. The van der Waals surface area contributed by atoms with E-state index in [2.05, 4.69) is 10.4 Å². The van der Waals surface area contributed by atoms with Gasteiger partial charge in [-0.15, -0.1) is 0 Å². The molecule has 1 N–H and O–H groups in total. The zero-order valence-corrected chi connectivity index (χ0v) is 17.8. The molecule has 1 spiro atoms. The predicted octanol–water partition coefficient (Wildman–Crippen LogP) is 4.30. The molecule has 2 aliphatic heterocycles. The first-order valence-corrected chi connectivity index (χ1v) is 10.5. The molecule has 0 bridgehead atoms. The van der Waals surface area contributed by atoms with Crippen molar-refractivity contribution in [3.8, 4) is 5.69 Å². The smallest absolute Gasteiger partial charge is 0.242 e. The van der Waals surface area contributed by atoms with E-state index in [0.29, 0.717) is 39.9 Å². The Balaban J connectivity index is 1.77. The van der Waals surface area contributed by atoms with Gasteiger partial charge in [-0.05, 0) is 41.8 Å². The molecule has 0 unspecified atom stereocenters. The molecule has 2 aliphatic rings. The van der Waals surface area contributed by atoms with Crippen molar-refractivity contribution in [1.82, 2.24) is 9.78 Å². The standard InChI is InChI=1S/C23H20ClFN4O2/c1-13(2)12-28-18-8-7-14(25)9-15(18)23(22(28)31)10-20(30)27-21-16(23)11-26-29(21)19-6-4-3-5-17(19)24/h3-9,11,13H,10,12H2,1-2H3,(H,27,30)/t23-/m0/s1. The van der Waals surface area contributed by atoms with E-state index >= 15 is 0 Å². The number of aromatic nitrogens is 2. The van der Waals surface area contributed by atoms with E-state index in [0.717, 1.165) is 0 Å². The van der Waals surface area contributed by atoms with Gasteiger partial charge in [-0.2, -0.15) is 5.10 Å². The summed E-state index contributed by atoms with van der Waals surface area (Å²) >= 11 is 6.36. The highest BCUT2D eigenvalue weighted by atomic mass is 35.5. The zero-order valence-electron chi connectivity index (χ0n) is 17.0. The van der Waals surface area contributed by atoms with Crippen LogP contribution in [0.2, 0.25) is 5.02 Å². The lowest BCUT2D eigenvalue weighted by atomic mass is 9.71. The molecule has 3 aromatic rings. The maximum Gasteiger partial charge on any atom is 0.242 e. The summed E-state index contributed by atoms with van der Waals surface area (Å²) < 4.78 is 15.9. The van der Waals surface area contributed by atoms with Gasteiger partial charge in [0, 0.05) is 24.2 Å². The van der Waals surface area contributed by atoms with Crippen molar-refractivity contribution in [2.45, 2.75) is 25.7 Å². The van der Waals surface area contributed by atoms with Crippen molar-refractivity contribution in [3.63, 3.8) is 0 Å². The van der Waals surface area contributed by atoms with Crippen molar-refractivity contribution in [3.05, 3.63) is 70.6 Å². The molecule has 0 saturated carbocycles. The van der Waals surface area contributed by atoms with Crippen LogP contribution < -0.4 is 10.2 Å². The molecular weight excluding hydrogens is 419 g/mol. The summed E-state index contributed by atoms with van der Waals surface area (Å²) in [7, 11) is 0. The normalized spacial score (nSPS) is 19.7. The van der Waals surface area contributed by atoms with Gasteiger partial charge < -0.3 is 10.2 Å². The average molecular weight is 439 g/mol. The van der Waals surface area contributed by atoms with Crippen LogP contribution in [0, 0.1) is 11.7 Å². The average Bonchev–Trinajstić information content (AvgIpc) is 3.22. The van der Waals surface area contributed by atoms with Crippen LogP contribution in [0.1, 0.15) is 31.4 Å². The van der Waals surface area contributed by atoms with Gasteiger partial charge in [0.1, 0.15) is 17.1 Å². The molecule has 6 nitrogen and oxygen atoms in total. The SMILES string of the molecule is CC(C)CN1C(=O)[C@@]2(CC(=O)Nc3c2cnn3-c2ccccc2Cl)c2cc(F)ccc21. The Morgan fingerprint density at radius 1 is 1.16 bits per heavy atom. The Morgan fingerprint density at radius 3 is 2.68 bits per heavy atom. The van der Waals surface area contributed by atoms with Gasteiger partial charge >= 0.3 is 0 Å². The fourth-order valence-corrected chi connectivity index (χ4v) is 4.83. The highest BCUT2D eigenvalue weighted by molar-refractivity contribution is 6.32. The molecule has 1 atom stereocenters. The van der Waals surface area contributed by atoms with Gasteiger partial charge in [0.15, 0.2) is 0 Å². The summed E-state index contributed by atoms with van der Waals surface area (Å²) in [6, 6.07) is 11.4. The van der Waals surface area contributed by atoms with Crippen LogP contribution in [0.25, 0.3) is 5.69 Å². The number of carbonyl (C=O) groups excluding carboxylic acids is 2. The van der Waals surface area contributed by atoms with Crippen LogP contribution in [-0.4, -0.2) is 28.1 Å². The summed E-state index contributed by atoms with van der Waals surface area (Å²) in [6.45, 7) is 4.49. The summed E-state index contributed by atoms with van der Waals surface area (Å²) in [6.07, 6.45) is 1.46. The molecule has 1 aromatic heterocycles. The first-order valence-electron chi connectivity index (χ1n) is 10.1. The number of halogens is 2. The van der Waals surface area contributed by atoms with Crippen molar-refractivity contribution in [1.29, 1.82) is 0 Å². The third-order valence-corrected chi connectivity index (χ3v) is 6.18. The van der Waals surface area contributed by atoms with Crippen LogP contribution >= 0.6 is 11.6 Å². The van der Waals surface area contributed by atoms with Gasteiger partial charge in [0.05, 0.1) is 16.9 Å². The molecule has 31 heavy (non-hydrogen) atoms. The summed E-state index contributed by atoms with van der Waals surface area (Å²) in [5.41, 5.74) is 0.907. The number of hydrogen-bond acceptors (Lipinski definition) is 3. The molecule has 8 heteroatoms. The number of nitrogens with zero attached hydrogens (tertiary/aromatic N) is 3. The lowest BCUT2D eigenvalue weighted by molar-refractivity contribution is -0.126. The Bertz CT molecular complexity index is 1240.